The number of anilines is 1. The minimum Gasteiger partial charge on any atom is -0.351 e. The van der Waals surface area contributed by atoms with Gasteiger partial charge in [-0.15, -0.1) is 0 Å². The molecule has 5 nitrogen and oxygen atoms in total. The van der Waals surface area contributed by atoms with Crippen molar-refractivity contribution in [2.75, 3.05) is 5.32 Å². The van der Waals surface area contributed by atoms with Crippen LogP contribution in [0.2, 0.25) is 5.02 Å². The monoisotopic (exact) mass is 237 g/mol. The minimum atomic E-state index is -0.398. The second-order valence-electron chi connectivity index (χ2n) is 3.15. The molecule has 1 amide bonds. The molecule has 0 aliphatic carbocycles. The maximum Gasteiger partial charge on any atom is 0.294 e. The van der Waals surface area contributed by atoms with Gasteiger partial charge in [-0.3, -0.25) is 9.78 Å². The predicted molar refractivity (Wildman–Crippen MR) is 58.4 cm³/mol. The van der Waals surface area contributed by atoms with Crippen LogP contribution in [-0.4, -0.2) is 16.0 Å². The number of pyridine rings is 1. The lowest BCUT2D eigenvalue weighted by molar-refractivity contribution is 0.0987. The van der Waals surface area contributed by atoms with Crippen LogP contribution in [0.3, 0.4) is 0 Å². The van der Waals surface area contributed by atoms with E-state index in [1.807, 2.05) is 0 Å². The Morgan fingerprint density at radius 3 is 2.94 bits per heavy atom. The second kappa shape index (κ2) is 4.32. The van der Waals surface area contributed by atoms with Crippen LogP contribution in [0.5, 0.6) is 0 Å². The molecule has 0 aliphatic heterocycles. The first kappa shape index (κ1) is 10.6. The lowest BCUT2D eigenvalue weighted by Gasteiger charge is -2.03. The molecule has 16 heavy (non-hydrogen) atoms. The van der Waals surface area contributed by atoms with Crippen LogP contribution < -0.4 is 5.32 Å². The highest BCUT2D eigenvalue weighted by molar-refractivity contribution is 6.33. The summed E-state index contributed by atoms with van der Waals surface area (Å²) in [7, 11) is 0. The molecule has 1 N–H and O–H groups in total. The van der Waals surface area contributed by atoms with Crippen LogP contribution in [0.1, 0.15) is 16.1 Å². The molecule has 0 atom stereocenters. The van der Waals surface area contributed by atoms with Crippen LogP contribution >= 0.6 is 11.6 Å². The van der Waals surface area contributed by atoms with Gasteiger partial charge in [-0.1, -0.05) is 16.8 Å². The molecule has 0 saturated heterocycles. The Balaban J connectivity index is 2.21. The van der Waals surface area contributed by atoms with E-state index in [2.05, 4.69) is 15.5 Å². The van der Waals surface area contributed by atoms with E-state index >= 15 is 0 Å². The summed E-state index contributed by atoms with van der Waals surface area (Å²) < 4.78 is 4.81. The van der Waals surface area contributed by atoms with Gasteiger partial charge in [0.2, 0.25) is 5.76 Å². The average molecular weight is 238 g/mol. The summed E-state index contributed by atoms with van der Waals surface area (Å²) in [6.07, 6.45) is 4.48. The van der Waals surface area contributed by atoms with Crippen molar-refractivity contribution in [2.24, 2.45) is 0 Å². The number of hydrogen-bond acceptors (Lipinski definition) is 4. The normalized spacial score (nSPS) is 10.1. The highest BCUT2D eigenvalue weighted by Gasteiger charge is 2.15. The highest BCUT2D eigenvalue weighted by Crippen LogP contribution is 2.20. The van der Waals surface area contributed by atoms with E-state index in [1.165, 1.54) is 18.6 Å². The van der Waals surface area contributed by atoms with Crippen molar-refractivity contribution in [3.05, 3.63) is 41.0 Å². The van der Waals surface area contributed by atoms with Gasteiger partial charge in [0.15, 0.2) is 0 Å². The molecular formula is C10H8ClN3O2. The van der Waals surface area contributed by atoms with Crippen molar-refractivity contribution in [1.29, 1.82) is 0 Å². The van der Waals surface area contributed by atoms with Gasteiger partial charge in [-0.05, 0) is 13.0 Å². The number of nitrogens with zero attached hydrogens (tertiary/aromatic N) is 2. The molecule has 0 aliphatic rings. The topological polar surface area (TPSA) is 68.0 Å². The summed E-state index contributed by atoms with van der Waals surface area (Å²) in [6, 6.07) is 1.59. The van der Waals surface area contributed by atoms with Gasteiger partial charge in [0.1, 0.15) is 0 Å². The number of carbonyl (C=O) groups is 1. The van der Waals surface area contributed by atoms with Gasteiger partial charge in [0, 0.05) is 11.8 Å². The minimum absolute atomic E-state index is 0.167. The molecule has 2 aromatic rings. The Kier molecular flexibility index (Phi) is 2.87. The van der Waals surface area contributed by atoms with Crippen molar-refractivity contribution in [2.45, 2.75) is 6.92 Å². The smallest absolute Gasteiger partial charge is 0.294 e. The van der Waals surface area contributed by atoms with Crippen LogP contribution in [0, 0.1) is 6.92 Å². The molecule has 0 bridgehead atoms. The number of aromatic nitrogens is 2. The van der Waals surface area contributed by atoms with Crippen molar-refractivity contribution in [3.63, 3.8) is 0 Å². The number of amides is 1. The second-order valence-corrected chi connectivity index (χ2v) is 3.55. The van der Waals surface area contributed by atoms with Crippen LogP contribution in [0.4, 0.5) is 5.69 Å². The number of rotatable bonds is 2. The molecular weight excluding hydrogens is 230 g/mol. The molecule has 2 rings (SSSR count). The standard InChI is InChI=1S/C10H8ClN3O2/c1-6-4-13-16-9(6)10(15)14-8-5-12-3-2-7(8)11/h2-5H,1H3,(H,14,15). The molecule has 0 aromatic carbocycles. The van der Waals surface area contributed by atoms with E-state index in [0.29, 0.717) is 16.3 Å². The lowest BCUT2D eigenvalue weighted by Crippen LogP contribution is -2.12. The third-order valence-corrected chi connectivity index (χ3v) is 2.30. The molecule has 0 unspecified atom stereocenters. The average Bonchev–Trinajstić information content (AvgIpc) is 2.68. The number of aryl methyl sites for hydroxylation is 1. The largest absolute Gasteiger partial charge is 0.351 e. The fourth-order valence-electron chi connectivity index (χ4n) is 1.16. The number of halogens is 1. The Bertz CT molecular complexity index is 524. The van der Waals surface area contributed by atoms with E-state index in [-0.39, 0.29) is 5.76 Å². The van der Waals surface area contributed by atoms with Crippen molar-refractivity contribution >= 4 is 23.2 Å². The number of carbonyl (C=O) groups excluding carboxylic acids is 1. The molecule has 82 valence electrons. The van der Waals surface area contributed by atoms with Crippen LogP contribution in [-0.2, 0) is 0 Å². The van der Waals surface area contributed by atoms with Gasteiger partial charge in [-0.25, -0.2) is 0 Å². The van der Waals surface area contributed by atoms with Crippen molar-refractivity contribution < 1.29 is 9.32 Å². The Morgan fingerprint density at radius 1 is 1.50 bits per heavy atom. The molecule has 2 heterocycles. The van der Waals surface area contributed by atoms with E-state index in [9.17, 15) is 4.79 Å². The van der Waals surface area contributed by atoms with Gasteiger partial charge in [-0.2, -0.15) is 0 Å². The van der Waals surface area contributed by atoms with Gasteiger partial charge < -0.3 is 9.84 Å². The Hall–Kier alpha value is -1.88. The molecule has 0 spiro atoms. The van der Waals surface area contributed by atoms with Crippen molar-refractivity contribution in [3.8, 4) is 0 Å². The van der Waals surface area contributed by atoms with Gasteiger partial charge in [0.25, 0.3) is 5.91 Å². The third kappa shape index (κ3) is 2.04. The number of hydrogen-bond donors (Lipinski definition) is 1. The zero-order valence-corrected chi connectivity index (χ0v) is 9.15. The van der Waals surface area contributed by atoms with Gasteiger partial charge >= 0.3 is 0 Å². The third-order valence-electron chi connectivity index (χ3n) is 1.97. The van der Waals surface area contributed by atoms with Crippen molar-refractivity contribution in [1.82, 2.24) is 10.1 Å². The molecule has 0 saturated carbocycles. The van der Waals surface area contributed by atoms with Crippen LogP contribution in [0.25, 0.3) is 0 Å². The number of nitrogens with one attached hydrogen (secondary N) is 1. The quantitative estimate of drug-likeness (QED) is 0.870. The molecule has 2 aromatic heterocycles. The molecule has 0 radical (unpaired) electrons. The summed E-state index contributed by atoms with van der Waals surface area (Å²) in [5, 5.41) is 6.53. The zero-order chi connectivity index (χ0) is 11.5. The Morgan fingerprint density at radius 2 is 2.31 bits per heavy atom. The predicted octanol–water partition coefficient (Wildman–Crippen LogP) is 2.28. The van der Waals surface area contributed by atoms with E-state index < -0.39 is 5.91 Å². The molecule has 6 heteroatoms. The summed E-state index contributed by atoms with van der Waals surface area (Å²) in [6.45, 7) is 1.73. The molecule has 0 fully saturated rings. The SMILES string of the molecule is Cc1cnoc1C(=O)Nc1cnccc1Cl. The first-order valence-corrected chi connectivity index (χ1v) is 4.88. The summed E-state index contributed by atoms with van der Waals surface area (Å²) >= 11 is 5.87. The first-order valence-electron chi connectivity index (χ1n) is 4.50. The maximum absolute atomic E-state index is 11.7. The van der Waals surface area contributed by atoms with E-state index in [1.54, 1.807) is 13.0 Å². The fourth-order valence-corrected chi connectivity index (χ4v) is 1.31. The zero-order valence-electron chi connectivity index (χ0n) is 8.40. The summed E-state index contributed by atoms with van der Waals surface area (Å²) in [5.74, 6) is -0.232. The maximum atomic E-state index is 11.7. The van der Waals surface area contributed by atoms with E-state index in [4.69, 9.17) is 16.1 Å². The van der Waals surface area contributed by atoms with Gasteiger partial charge in [0.05, 0.1) is 23.1 Å². The summed E-state index contributed by atoms with van der Waals surface area (Å²) in [4.78, 5) is 15.6. The Labute approximate surface area is 96.4 Å². The lowest BCUT2D eigenvalue weighted by atomic mass is 10.3. The summed E-state index contributed by atoms with van der Waals surface area (Å²) in [5.41, 5.74) is 1.10. The fraction of sp³-hybridized carbons (Fsp3) is 0.100. The first-order chi connectivity index (χ1) is 7.68. The van der Waals surface area contributed by atoms with Crippen LogP contribution in [0.15, 0.2) is 29.2 Å². The van der Waals surface area contributed by atoms with E-state index in [0.717, 1.165) is 0 Å². The highest BCUT2D eigenvalue weighted by atomic mass is 35.5.